The Labute approximate surface area is 94.9 Å². The highest BCUT2D eigenvalue weighted by Gasteiger charge is 2.20. The van der Waals surface area contributed by atoms with Crippen molar-refractivity contribution < 1.29 is 15.0 Å². The summed E-state index contributed by atoms with van der Waals surface area (Å²) in [5, 5.41) is 21.0. The van der Waals surface area contributed by atoms with Crippen molar-refractivity contribution in [2.75, 3.05) is 6.61 Å². The Morgan fingerprint density at radius 1 is 1.44 bits per heavy atom. The lowest BCUT2D eigenvalue weighted by Crippen LogP contribution is -2.46. The van der Waals surface area contributed by atoms with Crippen molar-refractivity contribution in [2.24, 2.45) is 0 Å². The van der Waals surface area contributed by atoms with Gasteiger partial charge in [0.15, 0.2) is 0 Å². The van der Waals surface area contributed by atoms with E-state index in [1.165, 1.54) is 12.1 Å². The Morgan fingerprint density at radius 2 is 2.06 bits per heavy atom. The third-order valence-corrected chi connectivity index (χ3v) is 2.30. The number of hydrogen-bond acceptors (Lipinski definition) is 3. The number of rotatable bonds is 3. The zero-order valence-electron chi connectivity index (χ0n) is 9.74. The second-order valence-corrected chi connectivity index (χ2v) is 4.50. The normalized spacial score (nSPS) is 11.2. The molecule has 0 saturated carbocycles. The van der Waals surface area contributed by atoms with Crippen molar-refractivity contribution in [3.63, 3.8) is 0 Å². The summed E-state index contributed by atoms with van der Waals surface area (Å²) in [5.41, 5.74) is 0.548. The van der Waals surface area contributed by atoms with Crippen molar-refractivity contribution in [1.82, 2.24) is 5.32 Å². The fraction of sp³-hybridized carbons (Fsp3) is 0.417. The molecule has 0 radical (unpaired) electrons. The van der Waals surface area contributed by atoms with Crippen LogP contribution in [-0.4, -0.2) is 28.3 Å². The summed E-state index contributed by atoms with van der Waals surface area (Å²) in [4.78, 5) is 11.8. The van der Waals surface area contributed by atoms with Crippen LogP contribution >= 0.6 is 0 Å². The fourth-order valence-electron chi connectivity index (χ4n) is 1.32. The molecule has 0 atom stereocenters. The first-order valence-electron chi connectivity index (χ1n) is 5.09. The van der Waals surface area contributed by atoms with Gasteiger partial charge in [-0.15, -0.1) is 0 Å². The number of nitrogens with one attached hydrogen (secondary N) is 1. The first kappa shape index (κ1) is 12.5. The molecule has 0 saturated heterocycles. The molecular formula is C12H17NO3. The number of phenolic OH excluding ortho intramolecular Hbond substituents is 1. The number of benzene rings is 1. The summed E-state index contributed by atoms with van der Waals surface area (Å²) in [6.45, 7) is 5.09. The molecule has 0 spiro atoms. The minimum absolute atomic E-state index is 0.129. The molecule has 0 aliphatic rings. The summed E-state index contributed by atoms with van der Waals surface area (Å²) in [5.74, 6) is -0.119. The number of carbonyl (C=O) groups is 1. The van der Waals surface area contributed by atoms with Gasteiger partial charge in [0, 0.05) is 5.56 Å². The number of amides is 1. The smallest absolute Gasteiger partial charge is 0.252 e. The predicted octanol–water partition coefficient (Wildman–Crippen LogP) is 1.20. The van der Waals surface area contributed by atoms with Gasteiger partial charge < -0.3 is 15.5 Å². The highest BCUT2D eigenvalue weighted by atomic mass is 16.3. The molecule has 1 amide bonds. The number of hydrogen-bond donors (Lipinski definition) is 3. The number of aliphatic hydroxyl groups is 1. The van der Waals surface area contributed by atoms with Crippen LogP contribution in [0.4, 0.5) is 0 Å². The van der Waals surface area contributed by atoms with Crippen molar-refractivity contribution in [1.29, 1.82) is 0 Å². The molecule has 4 nitrogen and oxygen atoms in total. The molecule has 0 aliphatic heterocycles. The van der Waals surface area contributed by atoms with Crippen LogP contribution in [0.25, 0.3) is 0 Å². The van der Waals surface area contributed by atoms with Crippen LogP contribution in [0.5, 0.6) is 5.75 Å². The van der Waals surface area contributed by atoms with E-state index in [0.717, 1.165) is 0 Å². The van der Waals surface area contributed by atoms with Crippen molar-refractivity contribution in [3.8, 4) is 5.75 Å². The largest absolute Gasteiger partial charge is 0.508 e. The quantitative estimate of drug-likeness (QED) is 0.721. The number of aryl methyl sites for hydroxylation is 1. The van der Waals surface area contributed by atoms with Gasteiger partial charge in [-0.2, -0.15) is 0 Å². The Balaban J connectivity index is 2.89. The Hall–Kier alpha value is -1.55. The molecule has 0 aromatic heterocycles. The molecule has 0 heterocycles. The zero-order valence-corrected chi connectivity index (χ0v) is 9.74. The standard InChI is InChI=1S/C12H17NO3/c1-8-6-9(15)4-5-10(8)11(16)13-12(2,3)7-14/h4-6,14-15H,7H2,1-3H3,(H,13,16). The van der Waals surface area contributed by atoms with Crippen LogP contribution in [0.15, 0.2) is 18.2 Å². The van der Waals surface area contributed by atoms with E-state index in [0.29, 0.717) is 11.1 Å². The molecule has 4 heteroatoms. The van der Waals surface area contributed by atoms with Gasteiger partial charge in [0.05, 0.1) is 12.1 Å². The number of carbonyl (C=O) groups excluding carboxylic acids is 1. The van der Waals surface area contributed by atoms with Crippen LogP contribution in [0.1, 0.15) is 29.8 Å². The minimum atomic E-state index is -0.651. The van der Waals surface area contributed by atoms with E-state index in [4.69, 9.17) is 5.11 Å². The van der Waals surface area contributed by atoms with Crippen LogP contribution < -0.4 is 5.32 Å². The maximum absolute atomic E-state index is 11.8. The van der Waals surface area contributed by atoms with Gasteiger partial charge >= 0.3 is 0 Å². The lowest BCUT2D eigenvalue weighted by Gasteiger charge is -2.23. The fourth-order valence-corrected chi connectivity index (χ4v) is 1.32. The SMILES string of the molecule is Cc1cc(O)ccc1C(=O)NC(C)(C)CO. The van der Waals surface area contributed by atoms with E-state index >= 15 is 0 Å². The summed E-state index contributed by atoms with van der Waals surface area (Å²) < 4.78 is 0. The maximum Gasteiger partial charge on any atom is 0.252 e. The average Bonchev–Trinajstić information content (AvgIpc) is 2.16. The van der Waals surface area contributed by atoms with Crippen LogP contribution in [-0.2, 0) is 0 Å². The van der Waals surface area contributed by atoms with Crippen molar-refractivity contribution in [2.45, 2.75) is 26.3 Å². The molecule has 0 bridgehead atoms. The van der Waals surface area contributed by atoms with Gasteiger partial charge in [0.25, 0.3) is 5.91 Å². The molecule has 0 fully saturated rings. The zero-order chi connectivity index (χ0) is 12.3. The van der Waals surface area contributed by atoms with Gasteiger partial charge in [-0.05, 0) is 44.5 Å². The Bertz CT molecular complexity index is 399. The van der Waals surface area contributed by atoms with Gasteiger partial charge in [0.1, 0.15) is 5.75 Å². The first-order valence-corrected chi connectivity index (χ1v) is 5.09. The van der Waals surface area contributed by atoms with Crippen molar-refractivity contribution in [3.05, 3.63) is 29.3 Å². The van der Waals surface area contributed by atoms with E-state index < -0.39 is 5.54 Å². The summed E-state index contributed by atoms with van der Waals surface area (Å²) >= 11 is 0. The third-order valence-electron chi connectivity index (χ3n) is 2.30. The highest BCUT2D eigenvalue weighted by Crippen LogP contribution is 2.16. The topological polar surface area (TPSA) is 69.6 Å². The number of phenols is 1. The second kappa shape index (κ2) is 4.53. The van der Waals surface area contributed by atoms with E-state index in [1.807, 2.05) is 0 Å². The van der Waals surface area contributed by atoms with Crippen LogP contribution in [0.2, 0.25) is 0 Å². The molecule has 1 aromatic rings. The Morgan fingerprint density at radius 3 is 2.56 bits per heavy atom. The average molecular weight is 223 g/mol. The van der Waals surface area contributed by atoms with Gasteiger partial charge in [-0.25, -0.2) is 0 Å². The summed E-state index contributed by atoms with van der Waals surface area (Å²) in [6.07, 6.45) is 0. The predicted molar refractivity (Wildman–Crippen MR) is 61.5 cm³/mol. The first-order chi connectivity index (χ1) is 7.35. The minimum Gasteiger partial charge on any atom is -0.508 e. The van der Waals surface area contributed by atoms with Gasteiger partial charge in [0.2, 0.25) is 0 Å². The van der Waals surface area contributed by atoms with Crippen molar-refractivity contribution >= 4 is 5.91 Å². The maximum atomic E-state index is 11.8. The molecule has 0 unspecified atom stereocenters. The molecule has 1 rings (SSSR count). The van der Waals surface area contributed by atoms with E-state index in [9.17, 15) is 9.90 Å². The molecule has 3 N–H and O–H groups in total. The van der Waals surface area contributed by atoms with Crippen LogP contribution in [0.3, 0.4) is 0 Å². The van der Waals surface area contributed by atoms with Gasteiger partial charge in [-0.3, -0.25) is 4.79 Å². The highest BCUT2D eigenvalue weighted by molar-refractivity contribution is 5.96. The molecular weight excluding hydrogens is 206 g/mol. The van der Waals surface area contributed by atoms with E-state index in [2.05, 4.69) is 5.32 Å². The number of aromatic hydroxyl groups is 1. The molecule has 0 aliphatic carbocycles. The number of aliphatic hydroxyl groups excluding tert-OH is 1. The second-order valence-electron chi connectivity index (χ2n) is 4.50. The van der Waals surface area contributed by atoms with Crippen LogP contribution in [0, 0.1) is 6.92 Å². The lowest BCUT2D eigenvalue weighted by molar-refractivity contribution is 0.0868. The molecule has 1 aromatic carbocycles. The van der Waals surface area contributed by atoms with Gasteiger partial charge in [-0.1, -0.05) is 0 Å². The summed E-state index contributed by atoms with van der Waals surface area (Å²) in [6, 6.07) is 4.56. The monoisotopic (exact) mass is 223 g/mol. The van der Waals surface area contributed by atoms with E-state index in [-0.39, 0.29) is 18.3 Å². The molecule has 88 valence electrons. The summed E-state index contributed by atoms with van der Waals surface area (Å²) in [7, 11) is 0. The van der Waals surface area contributed by atoms with E-state index in [1.54, 1.807) is 26.8 Å². The lowest BCUT2D eigenvalue weighted by atomic mass is 10.0. The molecule has 16 heavy (non-hydrogen) atoms. The third kappa shape index (κ3) is 2.97. The Kier molecular flexibility index (Phi) is 3.55.